The third kappa shape index (κ3) is 2.69. The van der Waals surface area contributed by atoms with Crippen molar-refractivity contribution in [1.82, 2.24) is 4.90 Å². The lowest BCUT2D eigenvalue weighted by Gasteiger charge is -2.44. The van der Waals surface area contributed by atoms with Crippen molar-refractivity contribution in [2.24, 2.45) is 5.73 Å². The van der Waals surface area contributed by atoms with Gasteiger partial charge in [-0.15, -0.1) is 0 Å². The smallest absolute Gasteiger partial charge is 0.225 e. The average Bonchev–Trinajstić information content (AvgIpc) is 2.33. The summed E-state index contributed by atoms with van der Waals surface area (Å²) in [5.74, 6) is 0.235. The maximum atomic E-state index is 12.5. The van der Waals surface area contributed by atoms with Crippen LogP contribution in [0.2, 0.25) is 0 Å². The maximum Gasteiger partial charge on any atom is 0.225 e. The van der Waals surface area contributed by atoms with E-state index in [0.29, 0.717) is 6.42 Å². The number of carbonyl (C=O) groups is 1. The van der Waals surface area contributed by atoms with Crippen LogP contribution in [-0.2, 0) is 9.53 Å². The van der Waals surface area contributed by atoms with Gasteiger partial charge in [0.1, 0.15) is 0 Å². The van der Waals surface area contributed by atoms with Gasteiger partial charge in [0.2, 0.25) is 5.91 Å². The average molecular weight is 254 g/mol. The van der Waals surface area contributed by atoms with E-state index in [1.54, 1.807) is 7.11 Å². The van der Waals surface area contributed by atoms with E-state index in [1.165, 1.54) is 12.8 Å². The van der Waals surface area contributed by atoms with Gasteiger partial charge in [0.25, 0.3) is 0 Å². The molecule has 2 aliphatic rings. The predicted molar refractivity (Wildman–Crippen MR) is 71.2 cm³/mol. The van der Waals surface area contributed by atoms with Gasteiger partial charge < -0.3 is 15.4 Å². The van der Waals surface area contributed by atoms with Gasteiger partial charge in [0.15, 0.2) is 0 Å². The zero-order valence-corrected chi connectivity index (χ0v) is 11.7. The van der Waals surface area contributed by atoms with Crippen molar-refractivity contribution in [3.63, 3.8) is 0 Å². The second kappa shape index (κ2) is 5.57. The number of amides is 1. The van der Waals surface area contributed by atoms with Crippen molar-refractivity contribution in [1.29, 1.82) is 0 Å². The summed E-state index contributed by atoms with van der Waals surface area (Å²) in [5.41, 5.74) is 5.84. The number of likely N-dealkylation sites (tertiary alicyclic amines) is 1. The molecule has 2 atom stereocenters. The number of hydrogen-bond donors (Lipinski definition) is 1. The molecule has 2 rings (SSSR count). The summed E-state index contributed by atoms with van der Waals surface area (Å²) in [5, 5.41) is 0. The number of hydrogen-bond acceptors (Lipinski definition) is 3. The number of nitrogens with zero attached hydrogens (tertiary/aromatic N) is 1. The van der Waals surface area contributed by atoms with Crippen molar-refractivity contribution in [3.8, 4) is 0 Å². The van der Waals surface area contributed by atoms with Crippen molar-refractivity contribution < 1.29 is 9.53 Å². The molecule has 0 spiro atoms. The summed E-state index contributed by atoms with van der Waals surface area (Å²) in [6, 6.07) is 0.286. The molecule has 4 nitrogen and oxygen atoms in total. The van der Waals surface area contributed by atoms with Crippen LogP contribution in [0.15, 0.2) is 0 Å². The van der Waals surface area contributed by atoms with E-state index in [1.807, 2.05) is 11.8 Å². The second-order valence-electron chi connectivity index (χ2n) is 5.93. The fourth-order valence-corrected chi connectivity index (χ4v) is 3.21. The molecule has 1 aliphatic heterocycles. The van der Waals surface area contributed by atoms with Crippen LogP contribution in [0.25, 0.3) is 0 Å². The second-order valence-corrected chi connectivity index (χ2v) is 5.93. The Balaban J connectivity index is 1.98. The minimum Gasteiger partial charge on any atom is -0.378 e. The summed E-state index contributed by atoms with van der Waals surface area (Å²) in [6.45, 7) is 2.87. The summed E-state index contributed by atoms with van der Waals surface area (Å²) in [6.07, 6.45) is 7.09. The van der Waals surface area contributed by atoms with Crippen LogP contribution in [0.3, 0.4) is 0 Å². The van der Waals surface area contributed by atoms with E-state index in [2.05, 4.69) is 0 Å². The largest absolute Gasteiger partial charge is 0.378 e. The van der Waals surface area contributed by atoms with E-state index >= 15 is 0 Å². The number of piperidine rings is 1. The number of ether oxygens (including phenoxy) is 1. The molecule has 1 saturated heterocycles. The molecule has 0 radical (unpaired) electrons. The Labute approximate surface area is 110 Å². The summed E-state index contributed by atoms with van der Waals surface area (Å²) < 4.78 is 5.55. The van der Waals surface area contributed by atoms with E-state index in [0.717, 1.165) is 32.2 Å². The molecule has 0 aromatic rings. The highest BCUT2D eigenvalue weighted by Gasteiger charge is 2.41. The third-order valence-electron chi connectivity index (χ3n) is 4.65. The number of rotatable bonds is 4. The van der Waals surface area contributed by atoms with Crippen LogP contribution < -0.4 is 5.73 Å². The Bertz CT molecular complexity index is 295. The summed E-state index contributed by atoms with van der Waals surface area (Å²) in [7, 11) is 1.73. The van der Waals surface area contributed by atoms with Gasteiger partial charge in [-0.3, -0.25) is 4.79 Å². The molecule has 1 amide bonds. The molecular weight excluding hydrogens is 228 g/mol. The molecule has 18 heavy (non-hydrogen) atoms. The van der Waals surface area contributed by atoms with Crippen molar-refractivity contribution in [3.05, 3.63) is 0 Å². The van der Waals surface area contributed by atoms with Gasteiger partial charge in [-0.2, -0.15) is 0 Å². The van der Waals surface area contributed by atoms with E-state index < -0.39 is 0 Å². The van der Waals surface area contributed by atoms with E-state index in [9.17, 15) is 4.79 Å². The Morgan fingerprint density at radius 1 is 1.44 bits per heavy atom. The zero-order chi connectivity index (χ0) is 13.2. The number of nitrogens with two attached hydrogens (primary N) is 1. The Morgan fingerprint density at radius 3 is 2.67 bits per heavy atom. The molecule has 2 N–H and O–H groups in total. The van der Waals surface area contributed by atoms with E-state index in [-0.39, 0.29) is 23.6 Å². The fourth-order valence-electron chi connectivity index (χ4n) is 3.21. The van der Waals surface area contributed by atoms with Crippen molar-refractivity contribution >= 4 is 5.91 Å². The van der Waals surface area contributed by atoms with Crippen molar-refractivity contribution in [2.45, 2.75) is 69.6 Å². The first-order chi connectivity index (χ1) is 8.58. The molecule has 0 aromatic heterocycles. The molecule has 2 unspecified atom stereocenters. The van der Waals surface area contributed by atoms with Crippen LogP contribution in [0, 0.1) is 0 Å². The van der Waals surface area contributed by atoms with Gasteiger partial charge in [0.05, 0.1) is 12.0 Å². The first-order valence-electron chi connectivity index (χ1n) is 7.18. The lowest BCUT2D eigenvalue weighted by atomic mass is 9.77. The molecule has 1 heterocycles. The first kappa shape index (κ1) is 13.8. The van der Waals surface area contributed by atoms with Crippen LogP contribution >= 0.6 is 0 Å². The molecule has 0 bridgehead atoms. The molecule has 1 saturated carbocycles. The zero-order valence-electron chi connectivity index (χ0n) is 11.7. The molecule has 2 fully saturated rings. The fraction of sp³-hybridized carbons (Fsp3) is 0.929. The van der Waals surface area contributed by atoms with E-state index in [4.69, 9.17) is 10.5 Å². The van der Waals surface area contributed by atoms with Gasteiger partial charge >= 0.3 is 0 Å². The SMILES string of the molecule is COC1(CC(=O)N2CCCCC2C(C)N)CCC1. The summed E-state index contributed by atoms with van der Waals surface area (Å²) in [4.78, 5) is 14.5. The first-order valence-corrected chi connectivity index (χ1v) is 7.18. The lowest BCUT2D eigenvalue weighted by Crippen LogP contribution is -2.54. The topological polar surface area (TPSA) is 55.6 Å². The van der Waals surface area contributed by atoms with Gasteiger partial charge in [-0.25, -0.2) is 0 Å². The molecule has 0 aromatic carbocycles. The highest BCUT2D eigenvalue weighted by Crippen LogP contribution is 2.39. The molecule has 1 aliphatic carbocycles. The monoisotopic (exact) mass is 254 g/mol. The van der Waals surface area contributed by atoms with Gasteiger partial charge in [-0.1, -0.05) is 0 Å². The number of methoxy groups -OCH3 is 1. The normalized spacial score (nSPS) is 28.6. The third-order valence-corrected chi connectivity index (χ3v) is 4.65. The maximum absolute atomic E-state index is 12.5. The van der Waals surface area contributed by atoms with Crippen molar-refractivity contribution in [2.75, 3.05) is 13.7 Å². The molecular formula is C14H26N2O2. The predicted octanol–water partition coefficient (Wildman–Crippen LogP) is 1.67. The lowest BCUT2D eigenvalue weighted by molar-refractivity contribution is -0.148. The Morgan fingerprint density at radius 2 is 2.17 bits per heavy atom. The molecule has 4 heteroatoms. The minimum absolute atomic E-state index is 0.0640. The summed E-state index contributed by atoms with van der Waals surface area (Å²) >= 11 is 0. The van der Waals surface area contributed by atoms with Crippen LogP contribution in [0.1, 0.15) is 51.9 Å². The standard InChI is InChI=1S/C14H26N2O2/c1-11(15)12-6-3-4-9-16(12)13(17)10-14(18-2)7-5-8-14/h11-12H,3-10,15H2,1-2H3. The van der Waals surface area contributed by atoms with Crippen LogP contribution in [-0.4, -0.2) is 42.1 Å². The highest BCUT2D eigenvalue weighted by molar-refractivity contribution is 5.78. The quantitative estimate of drug-likeness (QED) is 0.830. The van der Waals surface area contributed by atoms with Crippen LogP contribution in [0.5, 0.6) is 0 Å². The number of carbonyl (C=O) groups excluding carboxylic acids is 1. The molecule has 104 valence electrons. The minimum atomic E-state index is -0.170. The highest BCUT2D eigenvalue weighted by atomic mass is 16.5. The Kier molecular flexibility index (Phi) is 4.28. The Hall–Kier alpha value is -0.610. The van der Waals surface area contributed by atoms with Crippen LogP contribution in [0.4, 0.5) is 0 Å². The van der Waals surface area contributed by atoms with Gasteiger partial charge in [-0.05, 0) is 45.4 Å². The van der Waals surface area contributed by atoms with Gasteiger partial charge in [0, 0.05) is 25.7 Å².